The van der Waals surface area contributed by atoms with Crippen LogP contribution in [0.15, 0.2) is 18.7 Å². The Morgan fingerprint density at radius 2 is 2.42 bits per heavy atom. The molecule has 1 saturated heterocycles. The van der Waals surface area contributed by atoms with E-state index in [1.807, 2.05) is 15.7 Å². The maximum Gasteiger partial charge on any atom is 0.224 e. The van der Waals surface area contributed by atoms with Crippen molar-refractivity contribution in [3.05, 3.63) is 18.7 Å². The Balaban J connectivity index is 1.99. The van der Waals surface area contributed by atoms with Crippen LogP contribution in [-0.2, 0) is 4.79 Å². The Labute approximate surface area is 114 Å². The molecule has 1 aromatic rings. The zero-order valence-electron chi connectivity index (χ0n) is 11.5. The first-order valence-corrected chi connectivity index (χ1v) is 7.14. The van der Waals surface area contributed by atoms with Crippen LogP contribution in [0, 0.1) is 0 Å². The molecule has 0 radical (unpaired) electrons. The summed E-state index contributed by atoms with van der Waals surface area (Å²) >= 11 is 0. The standard InChI is InChI=1S/C14H23N3O2/c1-2-4-12(16-8-6-15-11-16)9-14(19)17-7-3-5-13(17)10-18/h6,8,11-13,18H,2-5,7,9-10H2,1H3/t12?,13-/m1/s1. The number of rotatable bonds is 6. The van der Waals surface area contributed by atoms with E-state index in [0.29, 0.717) is 6.42 Å². The fourth-order valence-corrected chi connectivity index (χ4v) is 2.85. The normalized spacial score (nSPS) is 20.7. The Hall–Kier alpha value is -1.36. The Morgan fingerprint density at radius 1 is 1.58 bits per heavy atom. The largest absolute Gasteiger partial charge is 0.394 e. The van der Waals surface area contributed by atoms with Gasteiger partial charge in [-0.05, 0) is 19.3 Å². The highest BCUT2D eigenvalue weighted by Gasteiger charge is 2.29. The summed E-state index contributed by atoms with van der Waals surface area (Å²) in [6.45, 7) is 2.99. The molecule has 1 aliphatic rings. The van der Waals surface area contributed by atoms with Crippen molar-refractivity contribution in [2.24, 2.45) is 0 Å². The molecular weight excluding hydrogens is 242 g/mol. The molecule has 5 nitrogen and oxygen atoms in total. The van der Waals surface area contributed by atoms with Gasteiger partial charge >= 0.3 is 0 Å². The summed E-state index contributed by atoms with van der Waals surface area (Å²) in [4.78, 5) is 18.3. The van der Waals surface area contributed by atoms with Gasteiger partial charge in [-0.3, -0.25) is 4.79 Å². The molecule has 5 heteroatoms. The number of amides is 1. The SMILES string of the molecule is CCCC(CC(=O)N1CCC[C@@H]1CO)n1ccnc1. The van der Waals surface area contributed by atoms with Gasteiger partial charge in [0.25, 0.3) is 0 Å². The fourth-order valence-electron chi connectivity index (χ4n) is 2.85. The number of likely N-dealkylation sites (tertiary alicyclic amines) is 1. The third kappa shape index (κ3) is 3.35. The second-order valence-electron chi connectivity index (χ2n) is 5.22. The number of hydrogen-bond donors (Lipinski definition) is 1. The Kier molecular flexibility index (Phi) is 4.96. The topological polar surface area (TPSA) is 58.4 Å². The summed E-state index contributed by atoms with van der Waals surface area (Å²) in [5.74, 6) is 0.156. The van der Waals surface area contributed by atoms with E-state index < -0.39 is 0 Å². The van der Waals surface area contributed by atoms with Gasteiger partial charge < -0.3 is 14.6 Å². The average Bonchev–Trinajstić information content (AvgIpc) is 3.09. The molecule has 1 aliphatic heterocycles. The maximum atomic E-state index is 12.4. The summed E-state index contributed by atoms with van der Waals surface area (Å²) < 4.78 is 2.02. The first-order chi connectivity index (χ1) is 9.26. The monoisotopic (exact) mass is 265 g/mol. The molecule has 1 amide bonds. The van der Waals surface area contributed by atoms with Crippen LogP contribution in [-0.4, -0.2) is 44.7 Å². The van der Waals surface area contributed by atoms with Gasteiger partial charge in [0, 0.05) is 31.4 Å². The molecule has 19 heavy (non-hydrogen) atoms. The van der Waals surface area contributed by atoms with Crippen molar-refractivity contribution in [3.63, 3.8) is 0 Å². The lowest BCUT2D eigenvalue weighted by Crippen LogP contribution is -2.38. The van der Waals surface area contributed by atoms with E-state index in [1.165, 1.54) is 0 Å². The van der Waals surface area contributed by atoms with Gasteiger partial charge in [0.05, 0.1) is 19.0 Å². The van der Waals surface area contributed by atoms with Crippen molar-refractivity contribution in [2.45, 2.75) is 51.1 Å². The summed E-state index contributed by atoms with van der Waals surface area (Å²) in [6.07, 6.45) is 9.88. The molecule has 0 spiro atoms. The van der Waals surface area contributed by atoms with E-state index in [2.05, 4.69) is 11.9 Å². The molecule has 1 unspecified atom stereocenters. The third-order valence-corrected chi connectivity index (χ3v) is 3.89. The molecule has 2 heterocycles. The van der Waals surface area contributed by atoms with Crippen molar-refractivity contribution in [1.29, 1.82) is 0 Å². The lowest BCUT2D eigenvalue weighted by Gasteiger charge is -2.26. The van der Waals surface area contributed by atoms with E-state index in [1.54, 1.807) is 12.5 Å². The van der Waals surface area contributed by atoms with Gasteiger partial charge in [0.1, 0.15) is 0 Å². The molecule has 2 atom stereocenters. The van der Waals surface area contributed by atoms with Gasteiger partial charge in [-0.25, -0.2) is 4.98 Å². The molecule has 106 valence electrons. The summed E-state index contributed by atoms with van der Waals surface area (Å²) in [6, 6.07) is 0.206. The molecule has 0 bridgehead atoms. The minimum absolute atomic E-state index is 0.0255. The maximum absolute atomic E-state index is 12.4. The van der Waals surface area contributed by atoms with Crippen LogP contribution in [0.2, 0.25) is 0 Å². The van der Waals surface area contributed by atoms with E-state index in [-0.39, 0.29) is 24.6 Å². The van der Waals surface area contributed by atoms with Gasteiger partial charge in [-0.2, -0.15) is 0 Å². The van der Waals surface area contributed by atoms with Gasteiger partial charge in [-0.1, -0.05) is 13.3 Å². The Bertz CT molecular complexity index is 391. The van der Waals surface area contributed by atoms with Crippen LogP contribution in [0.5, 0.6) is 0 Å². The van der Waals surface area contributed by atoms with Crippen molar-refractivity contribution >= 4 is 5.91 Å². The van der Waals surface area contributed by atoms with Crippen LogP contribution >= 0.6 is 0 Å². The zero-order valence-corrected chi connectivity index (χ0v) is 11.5. The minimum atomic E-state index is 0.0255. The molecule has 0 saturated carbocycles. The van der Waals surface area contributed by atoms with Crippen molar-refractivity contribution in [1.82, 2.24) is 14.5 Å². The van der Waals surface area contributed by atoms with Crippen LogP contribution < -0.4 is 0 Å². The first kappa shape index (κ1) is 14.1. The van der Waals surface area contributed by atoms with Gasteiger partial charge in [0.2, 0.25) is 5.91 Å². The van der Waals surface area contributed by atoms with Crippen LogP contribution in [0.4, 0.5) is 0 Å². The highest BCUT2D eigenvalue weighted by atomic mass is 16.3. The second-order valence-corrected chi connectivity index (χ2v) is 5.22. The number of carbonyl (C=O) groups is 1. The smallest absolute Gasteiger partial charge is 0.224 e. The van der Waals surface area contributed by atoms with Crippen molar-refractivity contribution in [3.8, 4) is 0 Å². The Morgan fingerprint density at radius 3 is 3.05 bits per heavy atom. The van der Waals surface area contributed by atoms with Crippen LogP contribution in [0.25, 0.3) is 0 Å². The number of nitrogens with zero attached hydrogens (tertiary/aromatic N) is 3. The number of aliphatic hydroxyl groups excluding tert-OH is 1. The van der Waals surface area contributed by atoms with Crippen molar-refractivity contribution < 1.29 is 9.90 Å². The fraction of sp³-hybridized carbons (Fsp3) is 0.714. The second kappa shape index (κ2) is 6.70. The average molecular weight is 265 g/mol. The molecule has 1 fully saturated rings. The third-order valence-electron chi connectivity index (χ3n) is 3.89. The number of carbonyl (C=O) groups excluding carboxylic acids is 1. The molecule has 0 aliphatic carbocycles. The van der Waals surface area contributed by atoms with E-state index in [9.17, 15) is 9.90 Å². The van der Waals surface area contributed by atoms with Gasteiger partial charge in [-0.15, -0.1) is 0 Å². The number of hydrogen-bond acceptors (Lipinski definition) is 3. The molecule has 1 N–H and O–H groups in total. The number of imidazole rings is 1. The molecule has 1 aromatic heterocycles. The highest BCUT2D eigenvalue weighted by molar-refractivity contribution is 5.77. The van der Waals surface area contributed by atoms with E-state index in [4.69, 9.17) is 0 Å². The highest BCUT2D eigenvalue weighted by Crippen LogP contribution is 2.23. The lowest BCUT2D eigenvalue weighted by atomic mass is 10.1. The van der Waals surface area contributed by atoms with E-state index in [0.717, 1.165) is 32.2 Å². The number of aliphatic hydroxyl groups is 1. The summed E-state index contributed by atoms with van der Waals surface area (Å²) in [5, 5.41) is 9.30. The minimum Gasteiger partial charge on any atom is -0.394 e. The zero-order chi connectivity index (χ0) is 13.7. The lowest BCUT2D eigenvalue weighted by molar-refractivity contribution is -0.133. The van der Waals surface area contributed by atoms with Crippen molar-refractivity contribution in [2.75, 3.05) is 13.2 Å². The predicted octanol–water partition coefficient (Wildman–Crippen LogP) is 1.60. The first-order valence-electron chi connectivity index (χ1n) is 7.14. The predicted molar refractivity (Wildman–Crippen MR) is 72.6 cm³/mol. The quantitative estimate of drug-likeness (QED) is 0.850. The number of aromatic nitrogens is 2. The van der Waals surface area contributed by atoms with Gasteiger partial charge in [0.15, 0.2) is 0 Å². The summed E-state index contributed by atoms with van der Waals surface area (Å²) in [7, 11) is 0. The van der Waals surface area contributed by atoms with Crippen LogP contribution in [0.3, 0.4) is 0 Å². The van der Waals surface area contributed by atoms with Crippen LogP contribution in [0.1, 0.15) is 45.1 Å². The molecule has 2 rings (SSSR count). The summed E-state index contributed by atoms with van der Waals surface area (Å²) in [5.41, 5.74) is 0. The van der Waals surface area contributed by atoms with E-state index >= 15 is 0 Å². The molecular formula is C14H23N3O2. The molecule has 0 aromatic carbocycles.